The van der Waals surface area contributed by atoms with Crippen LogP contribution in [0.15, 0.2) is 47.1 Å². The Kier molecular flexibility index (Phi) is 6.93. The molecule has 0 atom stereocenters. The van der Waals surface area contributed by atoms with E-state index in [0.717, 1.165) is 24.1 Å². The number of aromatic hydroxyl groups is 1. The van der Waals surface area contributed by atoms with Gasteiger partial charge in [-0.05, 0) is 66.3 Å². The molecule has 3 heterocycles. The van der Waals surface area contributed by atoms with Gasteiger partial charge in [0.05, 0.1) is 12.5 Å². The highest BCUT2D eigenvalue weighted by Gasteiger charge is 2.25. The number of ether oxygens (including phenoxy) is 1. The Bertz CT molecular complexity index is 1620. The summed E-state index contributed by atoms with van der Waals surface area (Å²) in [5.41, 5.74) is 2.86. The highest BCUT2D eigenvalue weighted by molar-refractivity contribution is 6.03. The van der Waals surface area contributed by atoms with Gasteiger partial charge in [-0.1, -0.05) is 19.1 Å². The Balaban J connectivity index is 1.75. The number of methoxy groups -OCH3 is 1. The number of allylic oxidation sites excluding steroid dienone is 1. The second-order valence-corrected chi connectivity index (χ2v) is 9.20. The zero-order valence-electron chi connectivity index (χ0n) is 21.8. The van der Waals surface area contributed by atoms with Crippen molar-refractivity contribution >= 4 is 33.2 Å². The van der Waals surface area contributed by atoms with Gasteiger partial charge in [-0.15, -0.1) is 0 Å². The van der Waals surface area contributed by atoms with E-state index < -0.39 is 11.6 Å². The molecule has 0 bridgehead atoms. The lowest BCUT2D eigenvalue weighted by Gasteiger charge is -2.24. The van der Waals surface area contributed by atoms with Crippen molar-refractivity contribution in [3.05, 3.63) is 59.3 Å². The molecule has 38 heavy (non-hydrogen) atoms. The first kappa shape index (κ1) is 25.5. The van der Waals surface area contributed by atoms with Gasteiger partial charge in [0.2, 0.25) is 0 Å². The quantitative estimate of drug-likeness (QED) is 0.357. The number of anilines is 1. The number of nitrogens with zero attached hydrogens (tertiary/aromatic N) is 5. The van der Waals surface area contributed by atoms with E-state index in [1.165, 1.54) is 25.3 Å². The predicted octanol–water partition coefficient (Wildman–Crippen LogP) is 6.02. The molecule has 0 spiro atoms. The zero-order chi connectivity index (χ0) is 27.0. The Hall–Kier alpha value is -4.14. The summed E-state index contributed by atoms with van der Waals surface area (Å²) >= 11 is 0. The van der Waals surface area contributed by atoms with Gasteiger partial charge >= 0.3 is 6.01 Å². The number of aryl methyl sites for hydroxylation is 1. The number of hydrogen-bond donors (Lipinski definition) is 1. The molecule has 1 aliphatic heterocycles. The van der Waals surface area contributed by atoms with Crippen LogP contribution < -0.4 is 9.64 Å². The van der Waals surface area contributed by atoms with E-state index in [1.54, 1.807) is 19.3 Å². The summed E-state index contributed by atoms with van der Waals surface area (Å²) < 4.78 is 36.4. The number of halogens is 2. The van der Waals surface area contributed by atoms with Gasteiger partial charge < -0.3 is 14.7 Å². The molecule has 0 radical (unpaired) electrons. The molecule has 1 N–H and O–H groups in total. The molecule has 0 aliphatic carbocycles. The van der Waals surface area contributed by atoms with Crippen LogP contribution in [0.2, 0.25) is 0 Å². The number of benzene rings is 2. The fourth-order valence-electron chi connectivity index (χ4n) is 5.24. The molecule has 0 saturated carbocycles. The highest BCUT2D eigenvalue weighted by Crippen LogP contribution is 2.39. The summed E-state index contributed by atoms with van der Waals surface area (Å²) in [6.07, 6.45) is 5.66. The molecular weight excluding hydrogens is 488 g/mol. The van der Waals surface area contributed by atoms with E-state index in [-0.39, 0.29) is 23.0 Å². The molecule has 2 aromatic carbocycles. The number of phenols is 1. The van der Waals surface area contributed by atoms with Gasteiger partial charge in [-0.25, -0.2) is 8.78 Å². The Labute approximate surface area is 219 Å². The van der Waals surface area contributed by atoms with Crippen molar-refractivity contribution in [3.63, 3.8) is 0 Å². The highest BCUT2D eigenvalue weighted by atomic mass is 19.1. The van der Waals surface area contributed by atoms with E-state index in [1.807, 2.05) is 19.9 Å². The van der Waals surface area contributed by atoms with Crippen molar-refractivity contribution in [1.82, 2.24) is 15.0 Å². The standard InChI is InChI=1S/C29H29F2N5O2/c1-5-16-15-36(11-7-8-23(16)32-3)28-21-14-33-26(25(31)27(21)34-29(35-28)38-4)20-13-18(37)12-17-9-10-22(30)19(6-2)24(17)20/h5,9-10,12-14,37H,6-8,11,15H2,1-4H3/b16-5-,32-23?. The van der Waals surface area contributed by atoms with Gasteiger partial charge in [0.1, 0.15) is 28.6 Å². The molecule has 5 rings (SSSR count). The normalized spacial score (nSPS) is 16.5. The number of phenolic OH excluding ortho intramolecular Hbond substituents is 1. The average molecular weight is 518 g/mol. The van der Waals surface area contributed by atoms with E-state index in [4.69, 9.17) is 4.74 Å². The molecular formula is C29H29F2N5O2. The van der Waals surface area contributed by atoms with Crippen LogP contribution in [0.25, 0.3) is 32.9 Å². The average Bonchev–Trinajstić information content (AvgIpc) is 3.14. The Morgan fingerprint density at radius 2 is 2.03 bits per heavy atom. The van der Waals surface area contributed by atoms with Gasteiger partial charge in [0.15, 0.2) is 5.82 Å². The molecule has 7 nitrogen and oxygen atoms in total. The third kappa shape index (κ3) is 4.31. The fourth-order valence-corrected chi connectivity index (χ4v) is 5.24. The van der Waals surface area contributed by atoms with Gasteiger partial charge in [-0.2, -0.15) is 9.97 Å². The van der Waals surface area contributed by atoms with Crippen LogP contribution in [0, 0.1) is 11.6 Å². The predicted molar refractivity (Wildman–Crippen MR) is 146 cm³/mol. The van der Waals surface area contributed by atoms with Crippen LogP contribution >= 0.6 is 0 Å². The number of pyridine rings is 1. The second kappa shape index (κ2) is 10.3. The number of fused-ring (bicyclic) bond motifs is 2. The third-order valence-corrected chi connectivity index (χ3v) is 7.08. The SMILES string of the molecule is C/C=C1/CN(c2nc(OC)nc3c(F)c(-c4cc(O)cc5ccc(F)c(CC)c45)ncc23)CCCC1=NC. The Morgan fingerprint density at radius 3 is 2.74 bits per heavy atom. The molecule has 1 fully saturated rings. The van der Waals surface area contributed by atoms with Crippen molar-refractivity contribution in [2.75, 3.05) is 32.1 Å². The maximum atomic E-state index is 16.3. The van der Waals surface area contributed by atoms with Crippen LogP contribution in [0.3, 0.4) is 0 Å². The van der Waals surface area contributed by atoms with Crippen LogP contribution in [0.1, 0.15) is 32.3 Å². The number of hydrogen-bond acceptors (Lipinski definition) is 7. The third-order valence-electron chi connectivity index (χ3n) is 7.08. The monoisotopic (exact) mass is 517 g/mol. The lowest BCUT2D eigenvalue weighted by atomic mass is 9.94. The van der Waals surface area contributed by atoms with E-state index in [2.05, 4.69) is 24.8 Å². The molecule has 9 heteroatoms. The summed E-state index contributed by atoms with van der Waals surface area (Å²) in [6, 6.07) is 5.90. The van der Waals surface area contributed by atoms with Crippen molar-refractivity contribution in [2.24, 2.45) is 4.99 Å². The topological polar surface area (TPSA) is 83.7 Å². The summed E-state index contributed by atoms with van der Waals surface area (Å²) in [6.45, 7) is 5.05. The smallest absolute Gasteiger partial charge is 0.318 e. The number of aliphatic imine (C=N–C) groups is 1. The summed E-state index contributed by atoms with van der Waals surface area (Å²) in [5, 5.41) is 12.0. The molecule has 0 amide bonds. The molecule has 0 unspecified atom stereocenters. The summed E-state index contributed by atoms with van der Waals surface area (Å²) in [5.74, 6) is -0.641. The van der Waals surface area contributed by atoms with Gasteiger partial charge in [0, 0.05) is 37.6 Å². The molecule has 1 saturated heterocycles. The van der Waals surface area contributed by atoms with Gasteiger partial charge in [0.25, 0.3) is 0 Å². The molecule has 4 aromatic rings. The van der Waals surface area contributed by atoms with E-state index in [9.17, 15) is 9.50 Å². The van der Waals surface area contributed by atoms with Crippen molar-refractivity contribution in [3.8, 4) is 23.0 Å². The van der Waals surface area contributed by atoms with Gasteiger partial charge in [-0.3, -0.25) is 9.98 Å². The van der Waals surface area contributed by atoms with Crippen molar-refractivity contribution in [2.45, 2.75) is 33.1 Å². The molecule has 1 aliphatic rings. The zero-order valence-corrected chi connectivity index (χ0v) is 21.8. The maximum absolute atomic E-state index is 16.3. The lowest BCUT2D eigenvalue weighted by molar-refractivity contribution is 0.381. The lowest BCUT2D eigenvalue weighted by Crippen LogP contribution is -2.27. The first-order chi connectivity index (χ1) is 18.4. The van der Waals surface area contributed by atoms with E-state index in [0.29, 0.717) is 52.6 Å². The Morgan fingerprint density at radius 1 is 1.21 bits per heavy atom. The van der Waals surface area contributed by atoms with Crippen LogP contribution in [0.4, 0.5) is 14.6 Å². The van der Waals surface area contributed by atoms with Crippen LogP contribution in [-0.2, 0) is 6.42 Å². The number of rotatable bonds is 4. The maximum Gasteiger partial charge on any atom is 0.318 e. The fraction of sp³-hybridized carbons (Fsp3) is 0.310. The summed E-state index contributed by atoms with van der Waals surface area (Å²) in [4.78, 5) is 19.9. The number of aromatic nitrogens is 3. The van der Waals surface area contributed by atoms with Crippen molar-refractivity contribution in [1.29, 1.82) is 0 Å². The minimum absolute atomic E-state index is 0.0280. The van der Waals surface area contributed by atoms with E-state index >= 15 is 4.39 Å². The molecule has 2 aromatic heterocycles. The van der Waals surface area contributed by atoms with Crippen molar-refractivity contribution < 1.29 is 18.6 Å². The minimum Gasteiger partial charge on any atom is -0.508 e. The first-order valence-electron chi connectivity index (χ1n) is 12.6. The largest absolute Gasteiger partial charge is 0.508 e. The van der Waals surface area contributed by atoms with Crippen LogP contribution in [-0.4, -0.2) is 53.0 Å². The summed E-state index contributed by atoms with van der Waals surface area (Å²) in [7, 11) is 3.23. The van der Waals surface area contributed by atoms with Crippen LogP contribution in [0.5, 0.6) is 11.8 Å². The first-order valence-corrected chi connectivity index (χ1v) is 12.6. The second-order valence-electron chi connectivity index (χ2n) is 9.20. The minimum atomic E-state index is -0.695. The molecule has 196 valence electrons.